The Hall–Kier alpha value is -9.75. The van der Waals surface area contributed by atoms with Crippen LogP contribution >= 0.6 is 104 Å². The van der Waals surface area contributed by atoms with Gasteiger partial charge in [0.1, 0.15) is 0 Å². The molecule has 3 amide bonds. The molecule has 141 heavy (non-hydrogen) atoms. The van der Waals surface area contributed by atoms with E-state index in [0.717, 1.165) is 106 Å². The molecule has 1 unspecified atom stereocenters. The Morgan fingerprint density at radius 2 is 0.603 bits per heavy atom. The fraction of sp³-hybridized carbons (Fsp3) is 0.333. The molecule has 12 heterocycles. The minimum absolute atomic E-state index is 0.00191. The van der Waals surface area contributed by atoms with E-state index >= 15 is 0 Å². The van der Waals surface area contributed by atoms with Crippen molar-refractivity contribution in [2.24, 2.45) is 0 Å². The number of thiophene rings is 3. The molecule has 3 atom stereocenters. The number of benzene rings is 6. The summed E-state index contributed by atoms with van der Waals surface area (Å²) in [4.78, 5) is 46.1. The average Bonchev–Trinajstić information content (AvgIpc) is 1.62. The molecule has 6 fully saturated rings. The first-order valence-corrected chi connectivity index (χ1v) is 55.0. The van der Waals surface area contributed by atoms with Crippen LogP contribution in [0.4, 0.5) is 0 Å². The molecule has 42 heteroatoms. The maximum atomic E-state index is 13.9. The number of rotatable bonds is 24. The molecule has 6 aliphatic heterocycles. The average molecular weight is 2140 g/mol. The highest BCUT2D eigenvalue weighted by atomic mass is 35.5. The Labute approximate surface area is 861 Å². The van der Waals surface area contributed by atoms with Gasteiger partial charge in [0.25, 0.3) is 48.3 Å². The maximum absolute atomic E-state index is 13.9. The normalized spacial score (nSPS) is 17.4. The Morgan fingerprint density at radius 1 is 0.348 bits per heavy atom. The molecule has 0 saturated carbocycles. The molecule has 12 aromatic rings. The van der Waals surface area contributed by atoms with Gasteiger partial charge >= 0.3 is 0 Å². The van der Waals surface area contributed by atoms with Crippen LogP contribution in [0.3, 0.4) is 0 Å². The molecule has 30 nitrogen and oxygen atoms in total. The van der Waals surface area contributed by atoms with Gasteiger partial charge in [-0.1, -0.05) is 177 Å². The zero-order valence-corrected chi connectivity index (χ0v) is 86.4. The number of nitrogens with one attached hydrogen (secondary N) is 6. The van der Waals surface area contributed by atoms with E-state index in [-0.39, 0.29) is 76.0 Å². The van der Waals surface area contributed by atoms with E-state index in [2.05, 4.69) is 66.0 Å². The third-order valence-corrected chi connectivity index (χ3v) is 33.4. The Kier molecular flexibility index (Phi) is 34.7. The number of aromatic nitrogens is 6. The lowest BCUT2D eigenvalue weighted by Gasteiger charge is -2.26. The molecule has 0 bridgehead atoms. The third kappa shape index (κ3) is 26.5. The van der Waals surface area contributed by atoms with Crippen LogP contribution in [0.1, 0.15) is 173 Å². The minimum atomic E-state index is -3.98. The topological polar surface area (TPSA) is 359 Å². The summed E-state index contributed by atoms with van der Waals surface area (Å²) in [5, 5.41) is 52.0. The summed E-state index contributed by atoms with van der Waals surface area (Å²) in [6, 6.07) is 50.0. The Balaban J connectivity index is 0.000000152. The van der Waals surface area contributed by atoms with E-state index in [1.54, 1.807) is 68.6 Å². The van der Waals surface area contributed by atoms with E-state index in [0.29, 0.717) is 154 Å². The predicted molar refractivity (Wildman–Crippen MR) is 555 cm³/mol. The van der Waals surface area contributed by atoms with Gasteiger partial charge in [0.2, 0.25) is 0 Å². The van der Waals surface area contributed by atoms with Crippen molar-refractivity contribution < 1.29 is 55.0 Å². The lowest BCUT2D eigenvalue weighted by molar-refractivity contribution is 0.0736. The van der Waals surface area contributed by atoms with E-state index < -0.39 is 66.7 Å². The Morgan fingerprint density at radius 3 is 0.837 bits per heavy atom. The number of carbonyl (C=O) groups is 3. The molecule has 6 saturated heterocycles. The van der Waals surface area contributed by atoms with Crippen LogP contribution < -0.4 is 30.4 Å². The summed E-state index contributed by atoms with van der Waals surface area (Å²) in [6.07, 6.45) is 7.86. The highest BCUT2D eigenvalue weighted by Gasteiger charge is 2.39. The molecule has 6 aliphatic rings. The van der Waals surface area contributed by atoms with E-state index in [1.165, 1.54) is 46.9 Å². The van der Waals surface area contributed by atoms with Crippen molar-refractivity contribution in [3.05, 3.63) is 276 Å². The predicted octanol–water partition coefficient (Wildman–Crippen LogP) is 15.4. The number of β-amino-alcohol motifs (C(OH)–C–C–N with tert-alkyl or cyclic N) is 3. The fourth-order valence-corrected chi connectivity index (χ4v) is 24.6. The molecule has 6 aromatic carbocycles. The molecule has 0 spiro atoms. The van der Waals surface area contributed by atoms with Crippen LogP contribution in [-0.2, 0) is 50.3 Å². The molecule has 0 aliphatic carbocycles. The van der Waals surface area contributed by atoms with Crippen molar-refractivity contribution in [2.75, 3.05) is 78.5 Å². The van der Waals surface area contributed by atoms with E-state index in [4.69, 9.17) is 84.9 Å². The van der Waals surface area contributed by atoms with Crippen molar-refractivity contribution in [3.63, 3.8) is 0 Å². The summed E-state index contributed by atoms with van der Waals surface area (Å²) in [5.41, 5.74) is 19.2. The summed E-state index contributed by atoms with van der Waals surface area (Å²) >= 11 is 42.9. The summed E-state index contributed by atoms with van der Waals surface area (Å²) in [5.74, 6) is 17.9. The second kappa shape index (κ2) is 47.0. The smallest absolute Gasteiger partial charge is 0.286 e. The minimum Gasteiger partial charge on any atom is -0.392 e. The highest BCUT2D eigenvalue weighted by molar-refractivity contribution is 7.87. The molecular weight excluding hydrogens is 2040 g/mol. The first kappa shape index (κ1) is 104. The quantitative estimate of drug-likeness (QED) is 0.0254. The van der Waals surface area contributed by atoms with Crippen LogP contribution in [0, 0.1) is 56.3 Å². The monoisotopic (exact) mass is 2140 g/mol. The number of hydrogen-bond donors (Lipinski definition) is 9. The second-order valence-electron chi connectivity index (χ2n) is 34.7. The summed E-state index contributed by atoms with van der Waals surface area (Å²) < 4.78 is 96.2. The number of hydrogen-bond acceptors (Lipinski definition) is 21. The van der Waals surface area contributed by atoms with Crippen LogP contribution in [0.2, 0.25) is 30.1 Å². The molecule has 9 N–H and O–H groups in total. The van der Waals surface area contributed by atoms with Gasteiger partial charge in [0.05, 0.1) is 96.8 Å². The van der Waals surface area contributed by atoms with Crippen LogP contribution in [0.5, 0.6) is 0 Å². The third-order valence-electron chi connectivity index (χ3n) is 24.2. The molecule has 18 rings (SSSR count). The van der Waals surface area contributed by atoms with Crippen LogP contribution in [0.25, 0.3) is 48.8 Å². The number of aryl methyl sites for hydroxylation is 3. The van der Waals surface area contributed by atoms with E-state index in [9.17, 15) is 55.0 Å². The Bertz CT molecular complexity index is 6500. The lowest BCUT2D eigenvalue weighted by Crippen LogP contribution is -2.45. The first-order valence-electron chi connectivity index (χ1n) is 46.0. The molecule has 738 valence electrons. The first-order chi connectivity index (χ1) is 67.7. The lowest BCUT2D eigenvalue weighted by atomic mass is 10.1. The fourth-order valence-electron chi connectivity index (χ4n) is 16.7. The number of hydrazine groups is 3. The number of aliphatic hydroxyl groups excluding tert-OH is 3. The number of piperidine rings is 3. The summed E-state index contributed by atoms with van der Waals surface area (Å²) in [6.45, 7) is 10.2. The maximum Gasteiger partial charge on any atom is 0.286 e. The zero-order valence-electron chi connectivity index (χ0n) is 77.0. The van der Waals surface area contributed by atoms with Gasteiger partial charge in [0, 0.05) is 147 Å². The number of nitrogens with zero attached hydrogens (tertiary/aromatic N) is 12. The highest BCUT2D eigenvalue weighted by Crippen LogP contribution is 2.42. The van der Waals surface area contributed by atoms with Gasteiger partial charge in [-0.3, -0.25) is 30.7 Å². The molecule has 0 radical (unpaired) electrons. The van der Waals surface area contributed by atoms with Crippen molar-refractivity contribution in [2.45, 2.75) is 136 Å². The number of amides is 3. The van der Waals surface area contributed by atoms with Gasteiger partial charge in [-0.25, -0.2) is 29.1 Å². The van der Waals surface area contributed by atoms with Gasteiger partial charge in [-0.05, 0) is 206 Å². The van der Waals surface area contributed by atoms with Crippen LogP contribution in [-0.4, -0.2) is 212 Å². The van der Waals surface area contributed by atoms with Gasteiger partial charge in [-0.15, -0.1) is 34.0 Å². The largest absolute Gasteiger partial charge is 0.392 e. The van der Waals surface area contributed by atoms with Crippen molar-refractivity contribution in [1.29, 1.82) is 0 Å². The number of carbonyl (C=O) groups excluding carboxylic acids is 3. The van der Waals surface area contributed by atoms with Crippen molar-refractivity contribution in [1.82, 2.24) is 87.7 Å². The molecular formula is C99H102Cl6N18O12S6. The SMILES string of the molecule is Cc1ccc(C#Cc2ccc(-c3c(CNS(=O)(=O)N4CCC(O)C4)c(C(=O)NN4CCCCC4)nn3-c3ccc(Cl)cc3Cl)s2)cc1.Cc1ccc(C#Cc2ccc(-c3c(CNS(=O)(=O)N4CC[C@@H](O)C4)c(C(=O)NN4CCCCC4)nn3-c3ccc(Cl)cc3Cl)s2)cc1.Cc1ccc(C#Cc2ccc(-c3c(CNS(=O)(=O)N4CC[C@H](O)C4)c(C(=O)NN4CCCCC4)nn3-c3ccc(Cl)cc3Cl)s2)cc1. The van der Waals surface area contributed by atoms with Crippen molar-refractivity contribution >= 4 is 152 Å². The second-order valence-corrected chi connectivity index (χ2v) is 45.8. The number of halogens is 6. The zero-order chi connectivity index (χ0) is 99.4. The van der Waals surface area contributed by atoms with Gasteiger partial charge in [0.15, 0.2) is 17.1 Å². The van der Waals surface area contributed by atoms with Gasteiger partial charge < -0.3 is 15.3 Å². The van der Waals surface area contributed by atoms with Gasteiger partial charge in [-0.2, -0.15) is 67.6 Å². The van der Waals surface area contributed by atoms with Crippen molar-refractivity contribution in [3.8, 4) is 84.3 Å². The summed E-state index contributed by atoms with van der Waals surface area (Å²) in [7, 11) is -12.0. The molecule has 6 aromatic heterocycles. The van der Waals surface area contributed by atoms with Crippen LogP contribution in [0.15, 0.2) is 164 Å². The standard InChI is InChI=1S/3C33H34Cl2N6O4S2/c3*1-22-5-7-23(8-6-22)9-11-26-12-14-30(46-26)32-27(20-36-47(44,45)40-18-15-25(42)21-40)31(33(43)38-39-16-3-2-4-17-39)37-41(32)29-13-10-24(34)19-28(29)35/h3*5-8,10,12-14,19,25,36,42H,2-4,15-18,20-21H2,1H3,(H,38,43)/t2*25-;/m10./s1. The van der Waals surface area contributed by atoms with E-state index in [1.807, 2.05) is 145 Å². The number of aliphatic hydroxyl groups is 3.